The van der Waals surface area contributed by atoms with E-state index in [-0.39, 0.29) is 0 Å². The third kappa shape index (κ3) is 88.1. The summed E-state index contributed by atoms with van der Waals surface area (Å²) in [7, 11) is -38.5. The third-order valence-electron chi connectivity index (χ3n) is 4.94. The van der Waals surface area contributed by atoms with Crippen LogP contribution in [0.15, 0.2) is 0 Å². The Hall–Kier alpha value is 91.3. The van der Waals surface area contributed by atoms with E-state index in [4.69, 9.17) is 0 Å². The van der Waals surface area contributed by atoms with Gasteiger partial charge in [-0.1, -0.05) is 0 Å². The number of hydrogen-bond donors (Lipinski definition) is 0. The number of halogens is 125. The molecular weight excluding hydrogens is 15900 g/mol. The summed E-state index contributed by atoms with van der Waals surface area (Å²) in [6, 6.07) is 0. The van der Waals surface area contributed by atoms with Gasteiger partial charge in [0.15, 0.2) is 0 Å². The van der Waals surface area contributed by atoms with Gasteiger partial charge in [-0.15, -0.1) is 0 Å². The minimum absolute atomic E-state index is 0.428. The molecule has 0 aromatic heterocycles. The molecule has 0 heterocycles. The van der Waals surface area contributed by atoms with E-state index in [1.165, 1.54) is 0 Å². The molecule has 0 bridgehead atoms. The molecule has 125 heavy (non-hydrogen) atoms. The van der Waals surface area contributed by atoms with Crippen molar-refractivity contribution in [3.63, 3.8) is 0 Å². The quantitative estimate of drug-likeness (QED) is 0.0533. The molecule has 0 aromatic carbocycles. The molecule has 0 saturated heterocycles. The SMILES string of the molecule is I[I-]I(I)I(I)I(I)I(I)I(I)I(I)I(I)I(I)I(I)I(I)I(I)I(I)I(I)I(I)I(I)I(I)I(I)I(I)I(I)I(I)I(I)I(I)I(I)I(I)I(I)I(I)I(I)I(I)I(I)I(I)I(I)I(I)I(I)I(I)I(I)I(I)I(I)I(I)I(I)I(I)I(I)I(I)I(I)I(I)I(I)I(I)I(I)I(I)I(I)I(I)I(I)I(I)I(I)I(I)I(I)I(I)I(I)I(I)I(I)I(I)I(I)I. The fraction of sp³-hybridized carbons (Fsp3) is 0. The summed E-state index contributed by atoms with van der Waals surface area (Å²) in [5, 5.41) is 0. The summed E-state index contributed by atoms with van der Waals surface area (Å²) in [4.78, 5) is 0. The van der Waals surface area contributed by atoms with Gasteiger partial charge in [0.25, 0.3) is 0 Å². The molecule has 0 spiro atoms. The van der Waals surface area contributed by atoms with E-state index >= 15 is 0 Å². The van der Waals surface area contributed by atoms with Gasteiger partial charge >= 0.3 is 1670 Å². The fourth-order valence-electron chi connectivity index (χ4n) is 1.84. The van der Waals surface area contributed by atoms with Crippen LogP contribution >= 0.6 is 1650 Å². The predicted molar refractivity (Wildman–Crippen MR) is 1740 cm³/mol. The normalized spacial score (nSPS) is 19.2. The summed E-state index contributed by atoms with van der Waals surface area (Å²) in [6.45, 7) is 0. The molecule has 0 N–H and O–H groups in total. The van der Waals surface area contributed by atoms with Gasteiger partial charge in [-0.25, -0.2) is 0 Å². The first-order valence-electron chi connectivity index (χ1n) is 17.7. The van der Waals surface area contributed by atoms with Crippen LogP contribution in [0.1, 0.15) is 0 Å². The molecular formula is I125-. The first kappa shape index (κ1) is 216. The van der Waals surface area contributed by atoms with Crippen LogP contribution in [0.4, 0.5) is 0 Å². The summed E-state index contributed by atoms with van der Waals surface area (Å²) >= 11 is 216. The Kier molecular flexibility index (Phi) is 226. The van der Waals surface area contributed by atoms with E-state index in [1.54, 1.807) is 0 Å². The van der Waals surface area contributed by atoms with Crippen LogP contribution in [-0.2, 0) is 0 Å². The molecule has 0 aliphatic carbocycles. The molecule has 125 heteroatoms. The van der Waals surface area contributed by atoms with E-state index in [0.29, 0.717) is 13.3 Å². The Bertz CT molecular complexity index is 2620. The second kappa shape index (κ2) is 130. The zero-order valence-electron chi connectivity index (χ0n) is 47.2. The Morgan fingerprint density at radius 3 is 0.168 bits per heavy atom. The molecule has 0 aliphatic heterocycles. The second-order valence-corrected chi connectivity index (χ2v) is 3000. The molecule has 0 amide bonds. The Labute approximate surface area is 1560 Å². The predicted octanol–water partition coefficient (Wildman–Crippen LogP) is 107. The molecule has 0 aliphatic rings. The number of hydrogen-bond acceptors (Lipinski definition) is 0. The van der Waals surface area contributed by atoms with Crippen molar-refractivity contribution in [1.82, 2.24) is 0 Å². The van der Waals surface area contributed by atoms with Crippen molar-refractivity contribution in [2.75, 3.05) is 0 Å². The van der Waals surface area contributed by atoms with Gasteiger partial charge in [-0.2, -0.15) is 0 Å². The van der Waals surface area contributed by atoms with Gasteiger partial charge < -0.3 is 0 Å². The molecule has 0 fully saturated rings. The monoisotopic (exact) mass is 15900 g/mol. The summed E-state index contributed by atoms with van der Waals surface area (Å²) in [5.41, 5.74) is 0. The molecule has 0 unspecified atom stereocenters. The average molecular weight is 15900 g/mol. The standard InChI is InChI=1S/I125/c1-64-66(4)68(6)70(8)72(10)74(12)76(14)78(16)80(18)82(20)84(22)86(24)88(26)90(28)92(30)94(32)96(34)98(36)100(38)102(40)104(42)106(44)108(46)110(48)112(50)114(52)116(54)118(56)120(58)122(60)124(62)125(63)123(61)121(59)119(57)117(55)115(53)113(51)111(49)109(47)107(45)105(43)103(41)101(39)99(37)97(35)95(33)93(31)91(29)89(27)87(25)85(23)83(21)81(19)79(17)77(15)75(13)73(11)71(9)69(7)67(5)65(2)3/q-1. The molecule has 0 atom stereocenters. The van der Waals surface area contributed by atoms with Crippen molar-refractivity contribution < 1.29 is 13.3 Å². The van der Waals surface area contributed by atoms with Crippen molar-refractivity contribution in [2.45, 2.75) is 0 Å². The molecule has 0 aromatic rings. The van der Waals surface area contributed by atoms with Crippen LogP contribution in [0.2, 0.25) is 0 Å². The van der Waals surface area contributed by atoms with E-state index < -0.39 is 482 Å². The van der Waals surface area contributed by atoms with E-state index in [9.17, 15) is 0 Å². The van der Waals surface area contributed by atoms with E-state index in [2.05, 4.69) is 1170 Å². The Morgan fingerprint density at radius 2 is 0.120 bits per heavy atom. The minimum atomic E-state index is -0.679. The Balaban J connectivity index is 5.97. The van der Waals surface area contributed by atoms with Gasteiger partial charge in [-0.05, 0) is 0 Å². The molecule has 0 saturated carbocycles. The second-order valence-electron chi connectivity index (χ2n) is 9.94. The van der Waals surface area contributed by atoms with Crippen LogP contribution in [0.5, 0.6) is 0 Å². The van der Waals surface area contributed by atoms with Crippen LogP contribution in [-0.4, -0.2) is 0 Å². The van der Waals surface area contributed by atoms with Gasteiger partial charge in [0.2, 0.25) is 0 Å². The molecule has 876 valence electrons. The molecule has 0 nitrogen and oxygen atoms in total. The van der Waals surface area contributed by atoms with Crippen LogP contribution in [0, 0.1) is 0 Å². The summed E-state index contributed by atoms with van der Waals surface area (Å²) in [5.74, 6) is 0. The van der Waals surface area contributed by atoms with E-state index in [0.717, 1.165) is 0 Å². The first-order valence-corrected chi connectivity index (χ1v) is 797. The van der Waals surface area contributed by atoms with Crippen LogP contribution < -0.4 is 13.3 Å². The van der Waals surface area contributed by atoms with Gasteiger partial charge in [0.05, 0.1) is 0 Å². The van der Waals surface area contributed by atoms with Gasteiger partial charge in [0.1, 0.15) is 0 Å². The maximum atomic E-state index is 3.50. The van der Waals surface area contributed by atoms with Crippen molar-refractivity contribution in [3.8, 4) is 0 Å². The fourth-order valence-corrected chi connectivity index (χ4v) is 24900. The Morgan fingerprint density at radius 1 is 0.0720 bits per heavy atom. The van der Waals surface area contributed by atoms with Crippen molar-refractivity contribution in [1.29, 1.82) is 0 Å². The molecule has 0 rings (SSSR count). The zero-order chi connectivity index (χ0) is 98.9. The van der Waals surface area contributed by atoms with Crippen LogP contribution in [0.25, 0.3) is 0 Å². The maximum absolute atomic E-state index is 3.50. The zero-order valence-corrected chi connectivity index (χ0v) is 317. The molecule has 0 radical (unpaired) electrons. The van der Waals surface area contributed by atoms with Crippen molar-refractivity contribution in [3.05, 3.63) is 0 Å². The van der Waals surface area contributed by atoms with Gasteiger partial charge in [0, 0.05) is 0 Å². The number of rotatable bonds is 61. The van der Waals surface area contributed by atoms with Gasteiger partial charge in [-0.3, -0.25) is 0 Å². The van der Waals surface area contributed by atoms with Crippen LogP contribution in [0.3, 0.4) is 0 Å². The average Bonchev–Trinajstić information content (AvgIpc) is 0.818. The summed E-state index contributed by atoms with van der Waals surface area (Å²) < 4.78 is 0. The topological polar surface area (TPSA) is 0 Å². The first-order chi connectivity index (χ1) is 56.9. The third-order valence-corrected chi connectivity index (χ3v) is 10000. The van der Waals surface area contributed by atoms with Crippen molar-refractivity contribution in [2.24, 2.45) is 0 Å². The summed E-state index contributed by atoms with van der Waals surface area (Å²) in [6.07, 6.45) is 0. The van der Waals surface area contributed by atoms with Crippen molar-refractivity contribution >= 4 is 1650 Å². The van der Waals surface area contributed by atoms with E-state index in [1.807, 2.05) is 0 Å².